The Hall–Kier alpha value is -1.66. The number of nitrogen functional groups attached to an aromatic ring is 1. The smallest absolute Gasteiger partial charge is 0.268 e. The van der Waals surface area contributed by atoms with Crippen LogP contribution >= 0.6 is 22.7 Å². The van der Waals surface area contributed by atoms with Gasteiger partial charge in [-0.15, -0.1) is 11.3 Å². The van der Waals surface area contributed by atoms with Crippen molar-refractivity contribution in [3.8, 4) is 22.2 Å². The first kappa shape index (κ1) is 10.5. The standard InChI is InChI=1S/C11H9N3OS2/c1-6-4-8(12)17-9(6)11-13-10(14-15-11)7-2-3-16-5-7/h2-5H,12H2,1H3. The molecule has 3 aromatic heterocycles. The molecule has 3 aromatic rings. The minimum atomic E-state index is 0.533. The van der Waals surface area contributed by atoms with E-state index in [0.29, 0.717) is 11.7 Å². The van der Waals surface area contributed by atoms with Crippen LogP contribution < -0.4 is 5.73 Å². The molecule has 0 saturated heterocycles. The average molecular weight is 263 g/mol. The molecule has 0 spiro atoms. The summed E-state index contributed by atoms with van der Waals surface area (Å²) in [6, 6.07) is 3.88. The first-order valence-electron chi connectivity index (χ1n) is 4.96. The lowest BCUT2D eigenvalue weighted by Gasteiger charge is -1.88. The molecule has 0 amide bonds. The summed E-state index contributed by atoms with van der Waals surface area (Å²) in [5.74, 6) is 1.15. The van der Waals surface area contributed by atoms with Gasteiger partial charge >= 0.3 is 0 Å². The summed E-state index contributed by atoms with van der Waals surface area (Å²) in [5, 5.41) is 8.71. The van der Waals surface area contributed by atoms with Gasteiger partial charge in [0.15, 0.2) is 0 Å². The fourth-order valence-electron chi connectivity index (χ4n) is 1.54. The Kier molecular flexibility index (Phi) is 2.45. The largest absolute Gasteiger partial charge is 0.391 e. The minimum absolute atomic E-state index is 0.533. The first-order valence-corrected chi connectivity index (χ1v) is 6.72. The van der Waals surface area contributed by atoms with Gasteiger partial charge in [-0.05, 0) is 30.0 Å². The van der Waals surface area contributed by atoms with Crippen LogP contribution in [0.1, 0.15) is 5.56 Å². The van der Waals surface area contributed by atoms with Gasteiger partial charge in [-0.1, -0.05) is 5.16 Å². The molecule has 17 heavy (non-hydrogen) atoms. The lowest BCUT2D eigenvalue weighted by Crippen LogP contribution is -1.77. The maximum Gasteiger partial charge on any atom is 0.268 e. The van der Waals surface area contributed by atoms with Gasteiger partial charge in [0.25, 0.3) is 5.89 Å². The van der Waals surface area contributed by atoms with E-state index in [1.807, 2.05) is 29.8 Å². The predicted molar refractivity (Wildman–Crippen MR) is 70.1 cm³/mol. The molecule has 3 rings (SSSR count). The Bertz CT molecular complexity index is 640. The quantitative estimate of drug-likeness (QED) is 0.769. The van der Waals surface area contributed by atoms with E-state index in [2.05, 4.69) is 10.1 Å². The van der Waals surface area contributed by atoms with Crippen LogP contribution in [0.2, 0.25) is 0 Å². The SMILES string of the molecule is Cc1cc(N)sc1-c1nc(-c2ccsc2)no1. The van der Waals surface area contributed by atoms with Crippen LogP contribution in [0.5, 0.6) is 0 Å². The molecular weight excluding hydrogens is 254 g/mol. The van der Waals surface area contributed by atoms with E-state index >= 15 is 0 Å². The van der Waals surface area contributed by atoms with Crippen LogP contribution in [-0.4, -0.2) is 10.1 Å². The molecule has 3 heterocycles. The van der Waals surface area contributed by atoms with Crippen LogP contribution in [0.15, 0.2) is 27.4 Å². The maximum absolute atomic E-state index is 5.75. The third kappa shape index (κ3) is 1.85. The van der Waals surface area contributed by atoms with Gasteiger partial charge < -0.3 is 10.3 Å². The number of hydrogen-bond donors (Lipinski definition) is 1. The number of anilines is 1. The Morgan fingerprint density at radius 1 is 1.41 bits per heavy atom. The van der Waals surface area contributed by atoms with E-state index in [9.17, 15) is 0 Å². The Morgan fingerprint density at radius 2 is 2.29 bits per heavy atom. The summed E-state index contributed by atoms with van der Waals surface area (Å²) < 4.78 is 5.27. The molecule has 86 valence electrons. The van der Waals surface area contributed by atoms with Gasteiger partial charge in [-0.25, -0.2) is 0 Å². The fourth-order valence-corrected chi connectivity index (χ4v) is 3.04. The molecular formula is C11H9N3OS2. The summed E-state index contributed by atoms with van der Waals surface area (Å²) in [6.45, 7) is 1.98. The van der Waals surface area contributed by atoms with E-state index in [4.69, 9.17) is 10.3 Å². The Balaban J connectivity index is 2.03. The van der Waals surface area contributed by atoms with Gasteiger partial charge in [0.2, 0.25) is 5.82 Å². The van der Waals surface area contributed by atoms with Crippen molar-refractivity contribution < 1.29 is 4.52 Å². The summed E-state index contributed by atoms with van der Waals surface area (Å²) in [7, 11) is 0. The molecule has 0 fully saturated rings. The number of nitrogens with two attached hydrogens (primary N) is 1. The molecule has 0 aliphatic carbocycles. The minimum Gasteiger partial charge on any atom is -0.391 e. The molecule has 6 heteroatoms. The molecule has 0 unspecified atom stereocenters. The highest BCUT2D eigenvalue weighted by Crippen LogP contribution is 2.33. The molecule has 4 nitrogen and oxygen atoms in total. The fraction of sp³-hybridized carbons (Fsp3) is 0.0909. The number of hydrogen-bond acceptors (Lipinski definition) is 6. The van der Waals surface area contributed by atoms with Gasteiger partial charge in [0, 0.05) is 10.9 Å². The molecule has 0 saturated carbocycles. The summed E-state index contributed by atoms with van der Waals surface area (Å²) >= 11 is 3.07. The molecule has 0 aliphatic rings. The molecule has 2 N–H and O–H groups in total. The van der Waals surface area contributed by atoms with Crippen molar-refractivity contribution in [1.29, 1.82) is 0 Å². The van der Waals surface area contributed by atoms with Gasteiger partial charge in [0.1, 0.15) is 0 Å². The second kappa shape index (κ2) is 3.97. The highest BCUT2D eigenvalue weighted by Gasteiger charge is 2.15. The first-order chi connectivity index (χ1) is 8.24. The average Bonchev–Trinajstić information content (AvgIpc) is 2.97. The highest BCUT2D eigenvalue weighted by atomic mass is 32.1. The van der Waals surface area contributed by atoms with Crippen molar-refractivity contribution in [3.63, 3.8) is 0 Å². The van der Waals surface area contributed by atoms with E-state index in [1.165, 1.54) is 11.3 Å². The summed E-state index contributed by atoms with van der Waals surface area (Å²) in [5.41, 5.74) is 7.79. The number of aryl methyl sites for hydroxylation is 1. The van der Waals surface area contributed by atoms with Crippen LogP contribution in [0.4, 0.5) is 5.00 Å². The maximum atomic E-state index is 5.75. The van der Waals surface area contributed by atoms with Crippen LogP contribution in [-0.2, 0) is 0 Å². The van der Waals surface area contributed by atoms with E-state index in [1.54, 1.807) is 11.3 Å². The molecule has 0 aromatic carbocycles. The van der Waals surface area contributed by atoms with Crippen LogP contribution in [0.25, 0.3) is 22.2 Å². The Labute approximate surface area is 106 Å². The van der Waals surface area contributed by atoms with Crippen molar-refractivity contribution >= 4 is 27.7 Å². The zero-order valence-corrected chi connectivity index (χ0v) is 10.6. The van der Waals surface area contributed by atoms with Gasteiger partial charge in [0.05, 0.1) is 9.88 Å². The summed E-state index contributed by atoms with van der Waals surface area (Å²) in [6.07, 6.45) is 0. The van der Waals surface area contributed by atoms with Crippen molar-refractivity contribution in [3.05, 3.63) is 28.5 Å². The molecule has 0 bridgehead atoms. The number of thiophene rings is 2. The molecule has 0 radical (unpaired) electrons. The zero-order valence-electron chi connectivity index (χ0n) is 9.01. The normalized spacial score (nSPS) is 10.9. The van der Waals surface area contributed by atoms with Crippen molar-refractivity contribution in [2.45, 2.75) is 6.92 Å². The van der Waals surface area contributed by atoms with Crippen molar-refractivity contribution in [2.24, 2.45) is 0 Å². The third-order valence-corrected chi connectivity index (χ3v) is 4.07. The van der Waals surface area contributed by atoms with Crippen molar-refractivity contribution in [1.82, 2.24) is 10.1 Å². The zero-order chi connectivity index (χ0) is 11.8. The lowest BCUT2D eigenvalue weighted by molar-refractivity contribution is 0.433. The van der Waals surface area contributed by atoms with E-state index in [-0.39, 0.29) is 0 Å². The van der Waals surface area contributed by atoms with Crippen LogP contribution in [0, 0.1) is 6.92 Å². The Morgan fingerprint density at radius 3 is 2.94 bits per heavy atom. The lowest BCUT2D eigenvalue weighted by atomic mass is 10.3. The highest BCUT2D eigenvalue weighted by molar-refractivity contribution is 7.19. The monoisotopic (exact) mass is 263 g/mol. The number of nitrogens with zero attached hydrogens (tertiary/aromatic N) is 2. The van der Waals surface area contributed by atoms with Crippen LogP contribution in [0.3, 0.4) is 0 Å². The van der Waals surface area contributed by atoms with Crippen molar-refractivity contribution in [2.75, 3.05) is 5.73 Å². The molecule has 0 aliphatic heterocycles. The molecule has 0 atom stereocenters. The second-order valence-electron chi connectivity index (χ2n) is 3.60. The third-order valence-electron chi connectivity index (χ3n) is 2.34. The topological polar surface area (TPSA) is 64.9 Å². The predicted octanol–water partition coefficient (Wildman–Crippen LogP) is 3.42. The number of aromatic nitrogens is 2. The van der Waals surface area contributed by atoms with Gasteiger partial charge in [-0.3, -0.25) is 0 Å². The summed E-state index contributed by atoms with van der Waals surface area (Å²) in [4.78, 5) is 5.32. The van der Waals surface area contributed by atoms with Gasteiger partial charge in [-0.2, -0.15) is 16.3 Å². The van der Waals surface area contributed by atoms with E-state index < -0.39 is 0 Å². The van der Waals surface area contributed by atoms with E-state index in [0.717, 1.165) is 21.0 Å². The number of rotatable bonds is 2. The second-order valence-corrected chi connectivity index (χ2v) is 5.46.